The number of hydrogen-bond donors (Lipinski definition) is 0. The van der Waals surface area contributed by atoms with E-state index >= 15 is 0 Å². The standard InChI is InChI=1S/C23H38N2O2Si.2HI/c1-7-28(6,8-2)19-11-16-25(4,5)17-18-27-23(26)21-14-15-24(3)22-13-10-9-12-20(21)22;;/h9-10,12-15H,7-8,11,16-19H2,1-6H3;2*1H/q+2;;/p-2. The first-order chi connectivity index (χ1) is 13.2. The van der Waals surface area contributed by atoms with Crippen molar-refractivity contribution in [3.8, 4) is 0 Å². The SMILES string of the molecule is CC[Si](C)(CC)CCC[N+](C)(C)CCOC(=O)c1cc[n+](C)c2ccccc12.[I-].[I-]. The number of nitrogens with zero attached hydrogens (tertiary/aromatic N) is 2. The van der Waals surface area contributed by atoms with Crippen molar-refractivity contribution < 1.29 is 66.5 Å². The third kappa shape index (κ3) is 8.35. The van der Waals surface area contributed by atoms with E-state index < -0.39 is 8.07 Å². The van der Waals surface area contributed by atoms with Gasteiger partial charge in [0.2, 0.25) is 5.52 Å². The highest BCUT2D eigenvalue weighted by Crippen LogP contribution is 2.22. The number of aromatic nitrogens is 1. The molecule has 2 aromatic rings. The van der Waals surface area contributed by atoms with Crippen molar-refractivity contribution in [2.24, 2.45) is 7.05 Å². The summed E-state index contributed by atoms with van der Waals surface area (Å²) in [6, 6.07) is 13.9. The smallest absolute Gasteiger partial charge is 0.339 e. The van der Waals surface area contributed by atoms with Gasteiger partial charge in [-0.2, -0.15) is 0 Å². The van der Waals surface area contributed by atoms with Crippen molar-refractivity contribution in [3.63, 3.8) is 0 Å². The lowest BCUT2D eigenvalue weighted by molar-refractivity contribution is -0.890. The van der Waals surface area contributed by atoms with Gasteiger partial charge in [0.25, 0.3) is 0 Å². The topological polar surface area (TPSA) is 30.2 Å². The van der Waals surface area contributed by atoms with Crippen LogP contribution in [0.25, 0.3) is 10.9 Å². The monoisotopic (exact) mass is 656 g/mol. The van der Waals surface area contributed by atoms with Crippen molar-refractivity contribution in [1.29, 1.82) is 0 Å². The summed E-state index contributed by atoms with van der Waals surface area (Å²) in [5, 5.41) is 0.939. The number of para-hydroxylation sites is 1. The number of esters is 1. The summed E-state index contributed by atoms with van der Waals surface area (Å²) >= 11 is 0. The Kier molecular flexibility index (Phi) is 13.2. The normalized spacial score (nSPS) is 11.5. The molecule has 4 nitrogen and oxygen atoms in total. The third-order valence-corrected chi connectivity index (χ3v) is 11.4. The zero-order valence-electron chi connectivity index (χ0n) is 19.4. The molecule has 0 N–H and O–H groups in total. The summed E-state index contributed by atoms with van der Waals surface area (Å²) in [5.74, 6) is -0.228. The fourth-order valence-corrected chi connectivity index (χ4v) is 5.87. The zero-order chi connectivity index (χ0) is 20.8. The molecule has 0 spiro atoms. The van der Waals surface area contributed by atoms with Gasteiger partial charge in [-0.3, -0.25) is 0 Å². The molecule has 0 radical (unpaired) electrons. The molecular weight excluding hydrogens is 618 g/mol. The number of pyridine rings is 1. The van der Waals surface area contributed by atoms with E-state index in [1.165, 1.54) is 24.6 Å². The van der Waals surface area contributed by atoms with Gasteiger partial charge in [0.05, 0.1) is 39.7 Å². The summed E-state index contributed by atoms with van der Waals surface area (Å²) in [6.45, 7) is 9.67. The van der Waals surface area contributed by atoms with Crippen LogP contribution in [0.1, 0.15) is 30.6 Å². The van der Waals surface area contributed by atoms with Crippen LogP contribution < -0.4 is 52.5 Å². The summed E-state index contributed by atoms with van der Waals surface area (Å²) in [4.78, 5) is 12.6. The van der Waals surface area contributed by atoms with Gasteiger partial charge in [0.15, 0.2) is 6.20 Å². The number of likely N-dealkylation sites (N-methyl/N-ethyl adjacent to an activating group) is 1. The number of carbonyl (C=O) groups is 1. The molecule has 1 aromatic carbocycles. The first kappa shape index (κ1) is 29.7. The highest BCUT2D eigenvalue weighted by Gasteiger charge is 2.24. The van der Waals surface area contributed by atoms with Crippen LogP contribution in [-0.2, 0) is 11.8 Å². The van der Waals surface area contributed by atoms with Gasteiger partial charge >= 0.3 is 5.97 Å². The Hall–Kier alpha value is -0.263. The van der Waals surface area contributed by atoms with Crippen molar-refractivity contribution in [2.45, 2.75) is 44.9 Å². The van der Waals surface area contributed by atoms with E-state index in [2.05, 4.69) is 34.5 Å². The van der Waals surface area contributed by atoms with Crippen molar-refractivity contribution in [1.82, 2.24) is 0 Å². The second kappa shape index (κ2) is 13.3. The molecule has 30 heavy (non-hydrogen) atoms. The van der Waals surface area contributed by atoms with Crippen LogP contribution in [0.2, 0.25) is 24.7 Å². The second-order valence-electron chi connectivity index (χ2n) is 9.00. The van der Waals surface area contributed by atoms with E-state index in [0.29, 0.717) is 12.2 Å². The maximum atomic E-state index is 12.6. The van der Waals surface area contributed by atoms with Crippen molar-refractivity contribution >= 4 is 24.9 Å². The minimum atomic E-state index is -1.02. The van der Waals surface area contributed by atoms with Crippen LogP contribution in [-0.4, -0.2) is 52.3 Å². The van der Waals surface area contributed by atoms with Crippen LogP contribution in [0, 0.1) is 0 Å². The van der Waals surface area contributed by atoms with Gasteiger partial charge in [0.1, 0.15) is 20.2 Å². The van der Waals surface area contributed by atoms with Gasteiger partial charge in [-0.1, -0.05) is 50.7 Å². The first-order valence-corrected chi connectivity index (χ1v) is 13.7. The predicted molar refractivity (Wildman–Crippen MR) is 119 cm³/mol. The largest absolute Gasteiger partial charge is 1.00 e. The minimum Gasteiger partial charge on any atom is -1.00 e. The molecule has 0 aliphatic rings. The number of hydrogen-bond acceptors (Lipinski definition) is 2. The van der Waals surface area contributed by atoms with E-state index in [4.69, 9.17) is 4.74 Å². The molecule has 0 saturated carbocycles. The average molecular weight is 656 g/mol. The first-order valence-electron chi connectivity index (χ1n) is 10.6. The Balaban J connectivity index is 0.00000420. The summed E-state index contributed by atoms with van der Waals surface area (Å²) in [6.07, 6.45) is 3.19. The third-order valence-electron chi connectivity index (χ3n) is 6.44. The number of rotatable bonds is 10. The Morgan fingerprint density at radius 3 is 2.33 bits per heavy atom. The Labute approximate surface area is 218 Å². The van der Waals surface area contributed by atoms with Gasteiger partial charge in [0, 0.05) is 12.1 Å². The maximum Gasteiger partial charge on any atom is 0.339 e. The fraction of sp³-hybridized carbons (Fsp3) is 0.565. The van der Waals surface area contributed by atoms with E-state index in [0.717, 1.165) is 28.5 Å². The summed E-state index contributed by atoms with van der Waals surface area (Å²) in [5.41, 5.74) is 1.68. The maximum absolute atomic E-state index is 12.6. The molecule has 1 aromatic heterocycles. The van der Waals surface area contributed by atoms with E-state index in [1.807, 2.05) is 48.1 Å². The van der Waals surface area contributed by atoms with Crippen LogP contribution in [0.5, 0.6) is 0 Å². The van der Waals surface area contributed by atoms with Crippen molar-refractivity contribution in [3.05, 3.63) is 42.1 Å². The van der Waals surface area contributed by atoms with Gasteiger partial charge in [-0.15, -0.1) is 0 Å². The average Bonchev–Trinajstić information content (AvgIpc) is 2.68. The van der Waals surface area contributed by atoms with Gasteiger partial charge < -0.3 is 57.2 Å². The molecule has 0 atom stereocenters. The quantitative estimate of drug-likeness (QED) is 0.102. The lowest BCUT2D eigenvalue weighted by Crippen LogP contribution is -3.00. The van der Waals surface area contributed by atoms with Gasteiger partial charge in [-0.05, 0) is 12.5 Å². The van der Waals surface area contributed by atoms with Crippen LogP contribution >= 0.6 is 0 Å². The number of aryl methyl sites for hydroxylation is 1. The Bertz CT molecular complexity index is 811. The molecule has 1 heterocycles. The van der Waals surface area contributed by atoms with Crippen LogP contribution in [0.15, 0.2) is 36.5 Å². The molecule has 2 rings (SSSR count). The number of benzene rings is 1. The predicted octanol–water partition coefficient (Wildman–Crippen LogP) is -1.59. The van der Waals surface area contributed by atoms with E-state index in [-0.39, 0.29) is 53.9 Å². The van der Waals surface area contributed by atoms with Gasteiger partial charge in [-0.25, -0.2) is 9.36 Å². The molecule has 0 amide bonds. The highest BCUT2D eigenvalue weighted by atomic mass is 127. The second-order valence-corrected chi connectivity index (χ2v) is 14.5. The molecule has 0 aliphatic carbocycles. The number of carbonyl (C=O) groups excluding carboxylic acids is 1. The molecule has 0 fully saturated rings. The van der Waals surface area contributed by atoms with E-state index in [9.17, 15) is 4.79 Å². The Morgan fingerprint density at radius 1 is 1.07 bits per heavy atom. The number of ether oxygens (including phenoxy) is 1. The summed E-state index contributed by atoms with van der Waals surface area (Å²) < 4.78 is 8.57. The molecule has 0 saturated heterocycles. The molecule has 170 valence electrons. The molecule has 0 unspecified atom stereocenters. The number of quaternary nitrogens is 1. The minimum absolute atomic E-state index is 0. The van der Waals surface area contributed by atoms with Crippen LogP contribution in [0.4, 0.5) is 0 Å². The lowest BCUT2D eigenvalue weighted by atomic mass is 10.1. The van der Waals surface area contributed by atoms with Crippen molar-refractivity contribution in [2.75, 3.05) is 33.8 Å². The van der Waals surface area contributed by atoms with E-state index in [1.54, 1.807) is 0 Å². The molecule has 0 bridgehead atoms. The lowest BCUT2D eigenvalue weighted by Gasteiger charge is -2.31. The Morgan fingerprint density at radius 2 is 1.70 bits per heavy atom. The summed E-state index contributed by atoms with van der Waals surface area (Å²) in [7, 11) is 5.45. The zero-order valence-corrected chi connectivity index (χ0v) is 24.7. The number of halogens is 2. The molecular formula is C23H38I2N2O2Si. The van der Waals surface area contributed by atoms with Crippen LogP contribution in [0.3, 0.4) is 0 Å². The molecule has 7 heteroatoms. The highest BCUT2D eigenvalue weighted by molar-refractivity contribution is 6.78. The molecule has 0 aliphatic heterocycles. The fourth-order valence-electron chi connectivity index (χ4n) is 3.66. The number of fused-ring (bicyclic) bond motifs is 1.